The van der Waals surface area contributed by atoms with Crippen molar-refractivity contribution < 1.29 is 28.1 Å². The number of hydrogen-bond donors (Lipinski definition) is 1. The Balaban J connectivity index is 1.38. The number of hydrogen-bond acceptors (Lipinski definition) is 7. The molecule has 3 aliphatic heterocycles. The molecule has 3 aliphatic rings. The summed E-state index contributed by atoms with van der Waals surface area (Å²) in [6, 6.07) is 6.80. The van der Waals surface area contributed by atoms with Gasteiger partial charge in [0.15, 0.2) is 6.29 Å². The van der Waals surface area contributed by atoms with Gasteiger partial charge in [-0.2, -0.15) is 8.78 Å². The van der Waals surface area contributed by atoms with Gasteiger partial charge in [-0.05, 0) is 55.1 Å². The van der Waals surface area contributed by atoms with E-state index in [0.717, 1.165) is 63.4 Å². The van der Waals surface area contributed by atoms with Gasteiger partial charge < -0.3 is 19.3 Å². The second kappa shape index (κ2) is 10.8. The monoisotopic (exact) mass is 536 g/mol. The molecule has 4 atom stereocenters. The van der Waals surface area contributed by atoms with Gasteiger partial charge in [-0.25, -0.2) is 4.98 Å². The van der Waals surface area contributed by atoms with Crippen molar-refractivity contribution in [2.24, 2.45) is 22.7 Å². The summed E-state index contributed by atoms with van der Waals surface area (Å²) in [4.78, 5) is 8.13. The molecule has 1 aromatic heterocycles. The molecule has 0 amide bonds. The summed E-state index contributed by atoms with van der Waals surface area (Å²) in [5.74, 6) is 1.16. The number of thiazole rings is 1. The van der Waals surface area contributed by atoms with E-state index in [1.807, 2.05) is 6.20 Å². The fourth-order valence-corrected chi connectivity index (χ4v) is 7.24. The van der Waals surface area contributed by atoms with E-state index in [9.17, 15) is 13.9 Å². The van der Waals surface area contributed by atoms with E-state index >= 15 is 0 Å². The SMILES string of the molecule is CC(C)(C)[C@H]1CN(Cc2cnc(-c3ccccc3OC(F)F)s2)C[C@](CC2CCOCC2)(C2OC2O)C1. The lowest BCUT2D eigenvalue weighted by molar-refractivity contribution is -0.0494. The summed E-state index contributed by atoms with van der Waals surface area (Å²) in [5, 5.41) is 11.1. The molecule has 0 bridgehead atoms. The Hall–Kier alpha value is -1.65. The fourth-order valence-electron chi connectivity index (χ4n) is 6.26. The molecular formula is C28H38F2N2O4S. The maximum atomic E-state index is 12.9. The van der Waals surface area contributed by atoms with Crippen LogP contribution in [0.3, 0.4) is 0 Å². The molecule has 0 saturated carbocycles. The molecule has 2 unspecified atom stereocenters. The number of epoxide rings is 1. The van der Waals surface area contributed by atoms with Crippen molar-refractivity contribution in [3.8, 4) is 16.3 Å². The van der Waals surface area contributed by atoms with Crippen molar-refractivity contribution in [3.63, 3.8) is 0 Å². The Morgan fingerprint density at radius 1 is 1.24 bits per heavy atom. The molecule has 1 N–H and O–H groups in total. The van der Waals surface area contributed by atoms with Crippen LogP contribution in [0.4, 0.5) is 8.78 Å². The maximum absolute atomic E-state index is 12.9. The van der Waals surface area contributed by atoms with Crippen molar-refractivity contribution in [3.05, 3.63) is 35.3 Å². The van der Waals surface area contributed by atoms with Gasteiger partial charge in [0.05, 0.1) is 5.56 Å². The van der Waals surface area contributed by atoms with E-state index in [1.54, 1.807) is 24.3 Å². The lowest BCUT2D eigenvalue weighted by Crippen LogP contribution is -2.53. The Morgan fingerprint density at radius 3 is 2.65 bits per heavy atom. The molecule has 1 aromatic carbocycles. The van der Waals surface area contributed by atoms with Crippen LogP contribution in [-0.2, 0) is 16.0 Å². The topological polar surface area (TPSA) is 67.4 Å². The van der Waals surface area contributed by atoms with Crippen molar-refractivity contribution >= 4 is 11.3 Å². The minimum atomic E-state index is -2.88. The minimum Gasteiger partial charge on any atom is -0.434 e. The van der Waals surface area contributed by atoms with Crippen LogP contribution in [0.2, 0.25) is 0 Å². The standard InChI is InChI=1S/C28H38F2N2O4S/c1-27(2,3)19-13-28(23-25(33)36-23,12-18-8-10-34-11-9-18)17-32(15-19)16-20-14-31-24(37-20)21-6-4-5-7-22(21)35-26(29)30/h4-7,14,18-19,23,25-26,33H,8-13,15-17H2,1-3H3/t19-,23?,25?,28-/m1/s1. The minimum absolute atomic E-state index is 0.108. The number of likely N-dealkylation sites (tertiary alicyclic amines) is 1. The van der Waals surface area contributed by atoms with Gasteiger partial charge in [-0.1, -0.05) is 32.9 Å². The summed E-state index contributed by atoms with van der Waals surface area (Å²) < 4.78 is 42.0. The highest BCUT2D eigenvalue weighted by Crippen LogP contribution is 2.53. The van der Waals surface area contributed by atoms with Crippen LogP contribution in [0.5, 0.6) is 5.75 Å². The third-order valence-electron chi connectivity index (χ3n) is 8.27. The summed E-state index contributed by atoms with van der Waals surface area (Å²) >= 11 is 1.52. The normalized spacial score (nSPS) is 29.5. The molecule has 3 saturated heterocycles. The van der Waals surface area contributed by atoms with Gasteiger partial charge >= 0.3 is 6.61 Å². The number of aliphatic hydroxyl groups excluding tert-OH is 1. The summed E-state index contributed by atoms with van der Waals surface area (Å²) in [5.41, 5.74) is 0.584. The quantitative estimate of drug-likeness (QED) is 0.430. The van der Waals surface area contributed by atoms with Crippen LogP contribution < -0.4 is 4.74 Å². The maximum Gasteiger partial charge on any atom is 0.387 e. The number of para-hydroxylation sites is 1. The van der Waals surface area contributed by atoms with Gasteiger partial charge in [0, 0.05) is 49.3 Å². The molecule has 2 aromatic rings. The first-order chi connectivity index (χ1) is 17.6. The van der Waals surface area contributed by atoms with Crippen molar-refractivity contribution in [2.45, 2.75) is 72.0 Å². The van der Waals surface area contributed by atoms with Crippen LogP contribution in [0.1, 0.15) is 51.3 Å². The van der Waals surface area contributed by atoms with E-state index in [1.165, 1.54) is 11.3 Å². The zero-order chi connectivity index (χ0) is 26.2. The first-order valence-electron chi connectivity index (χ1n) is 13.3. The van der Waals surface area contributed by atoms with Crippen LogP contribution in [0, 0.1) is 22.7 Å². The number of piperidine rings is 1. The molecule has 9 heteroatoms. The summed E-state index contributed by atoms with van der Waals surface area (Å²) in [7, 11) is 0. The molecule has 0 spiro atoms. The number of rotatable bonds is 8. The fraction of sp³-hybridized carbons (Fsp3) is 0.679. The Kier molecular flexibility index (Phi) is 7.90. The molecule has 204 valence electrons. The number of ether oxygens (including phenoxy) is 3. The Morgan fingerprint density at radius 2 is 1.97 bits per heavy atom. The van der Waals surface area contributed by atoms with E-state index in [2.05, 4.69) is 30.7 Å². The van der Waals surface area contributed by atoms with Gasteiger partial charge in [0.1, 0.15) is 16.9 Å². The zero-order valence-corrected chi connectivity index (χ0v) is 22.7. The number of aromatic nitrogens is 1. The molecule has 37 heavy (non-hydrogen) atoms. The lowest BCUT2D eigenvalue weighted by Gasteiger charge is -2.51. The van der Waals surface area contributed by atoms with Gasteiger partial charge in [-0.3, -0.25) is 4.90 Å². The number of alkyl halides is 2. The largest absolute Gasteiger partial charge is 0.434 e. The molecule has 6 nitrogen and oxygen atoms in total. The van der Waals surface area contributed by atoms with E-state index in [4.69, 9.17) is 14.2 Å². The van der Waals surface area contributed by atoms with E-state index < -0.39 is 12.9 Å². The van der Waals surface area contributed by atoms with Crippen LogP contribution >= 0.6 is 11.3 Å². The first kappa shape index (κ1) is 26.9. The average molecular weight is 537 g/mol. The summed E-state index contributed by atoms with van der Waals surface area (Å²) in [6.07, 6.45) is 5.24. The second-order valence-corrected chi connectivity index (χ2v) is 13.1. The number of nitrogens with zero attached hydrogens (tertiary/aromatic N) is 2. The molecule has 5 rings (SSSR count). The highest BCUT2D eigenvalue weighted by molar-refractivity contribution is 7.15. The highest BCUT2D eigenvalue weighted by atomic mass is 32.1. The van der Waals surface area contributed by atoms with Gasteiger partial charge in [0.25, 0.3) is 0 Å². The van der Waals surface area contributed by atoms with Crippen LogP contribution in [0.15, 0.2) is 30.5 Å². The molecule has 4 heterocycles. The van der Waals surface area contributed by atoms with Crippen molar-refractivity contribution in [2.75, 3.05) is 26.3 Å². The van der Waals surface area contributed by atoms with Crippen LogP contribution in [0.25, 0.3) is 10.6 Å². The predicted molar refractivity (Wildman–Crippen MR) is 138 cm³/mol. The average Bonchev–Trinajstić information content (AvgIpc) is 3.42. The van der Waals surface area contributed by atoms with Crippen LogP contribution in [-0.4, -0.2) is 60.3 Å². The number of aliphatic hydroxyl groups is 1. The predicted octanol–water partition coefficient (Wildman–Crippen LogP) is 5.80. The van der Waals surface area contributed by atoms with Gasteiger partial charge in [-0.15, -0.1) is 11.3 Å². The van der Waals surface area contributed by atoms with Crippen molar-refractivity contribution in [1.29, 1.82) is 0 Å². The third kappa shape index (κ3) is 6.33. The Bertz CT molecular complexity index is 1050. The number of benzene rings is 1. The van der Waals surface area contributed by atoms with E-state index in [-0.39, 0.29) is 22.7 Å². The molecule has 3 fully saturated rings. The lowest BCUT2D eigenvalue weighted by atomic mass is 9.62. The van der Waals surface area contributed by atoms with Gasteiger partial charge in [0.2, 0.25) is 0 Å². The number of halogens is 2. The highest BCUT2D eigenvalue weighted by Gasteiger charge is 2.58. The molecular weight excluding hydrogens is 498 g/mol. The second-order valence-electron chi connectivity index (χ2n) is 12.0. The first-order valence-corrected chi connectivity index (χ1v) is 14.1. The third-order valence-corrected chi connectivity index (χ3v) is 9.28. The Labute approximate surface area is 221 Å². The molecule has 0 aliphatic carbocycles. The molecule has 0 radical (unpaired) electrons. The van der Waals surface area contributed by atoms with Crippen molar-refractivity contribution in [1.82, 2.24) is 9.88 Å². The summed E-state index contributed by atoms with van der Waals surface area (Å²) in [6.45, 7) is 8.17. The van der Waals surface area contributed by atoms with E-state index in [0.29, 0.717) is 22.4 Å². The zero-order valence-electron chi connectivity index (χ0n) is 21.9. The smallest absolute Gasteiger partial charge is 0.387 e.